The molecule has 0 saturated heterocycles. The molecule has 86 valence electrons. The van der Waals surface area contributed by atoms with Gasteiger partial charge < -0.3 is 15.0 Å². The van der Waals surface area contributed by atoms with Crippen LogP contribution < -0.4 is 10.5 Å². The molecule has 0 aliphatic heterocycles. The Kier molecular flexibility index (Phi) is 3.01. The van der Waals surface area contributed by atoms with E-state index in [4.69, 9.17) is 17.0 Å². The van der Waals surface area contributed by atoms with Crippen molar-refractivity contribution in [3.8, 4) is 5.75 Å². The van der Waals surface area contributed by atoms with Gasteiger partial charge in [0.2, 0.25) is 5.69 Å². The third kappa shape index (κ3) is 2.23. The molecular weight excluding hydrogens is 214 g/mol. The molecule has 0 aliphatic rings. The summed E-state index contributed by atoms with van der Waals surface area (Å²) >= 11 is 0. The molecule has 0 spiro atoms. The molecule has 4 nitrogen and oxygen atoms in total. The topological polar surface area (TPSA) is 44.5 Å². The van der Waals surface area contributed by atoms with Gasteiger partial charge in [-0.1, -0.05) is 12.1 Å². The van der Waals surface area contributed by atoms with Crippen molar-refractivity contribution in [2.75, 3.05) is 12.8 Å². The summed E-state index contributed by atoms with van der Waals surface area (Å²) in [5.74, 6) is 1.34. The third-order valence-electron chi connectivity index (χ3n) is 2.62. The number of anilines is 1. The van der Waals surface area contributed by atoms with E-state index in [-0.39, 0.29) is 0 Å². The van der Waals surface area contributed by atoms with Gasteiger partial charge in [0.05, 0.1) is 13.7 Å². The van der Waals surface area contributed by atoms with Crippen LogP contribution in [0.2, 0.25) is 0 Å². The molecule has 0 bridgehead atoms. The Hall–Kier alpha value is -2.41. The largest absolute Gasteiger partial charge is 0.497 e. The highest BCUT2D eigenvalue weighted by atomic mass is 16.5. The highest BCUT2D eigenvalue weighted by Gasteiger charge is 2.05. The van der Waals surface area contributed by atoms with Gasteiger partial charge in [-0.25, -0.2) is 4.85 Å². The Morgan fingerprint density at radius 2 is 2.00 bits per heavy atom. The number of benzene rings is 1. The molecule has 17 heavy (non-hydrogen) atoms. The normalized spacial score (nSPS) is 9.88. The van der Waals surface area contributed by atoms with E-state index in [1.54, 1.807) is 13.2 Å². The lowest BCUT2D eigenvalue weighted by molar-refractivity contribution is 0.414. The first-order valence-corrected chi connectivity index (χ1v) is 5.19. The molecule has 2 aromatic rings. The zero-order valence-electron chi connectivity index (χ0n) is 9.55. The first-order valence-electron chi connectivity index (χ1n) is 5.19. The van der Waals surface area contributed by atoms with Crippen LogP contribution in [-0.4, -0.2) is 11.7 Å². The van der Waals surface area contributed by atoms with Crippen molar-refractivity contribution in [1.29, 1.82) is 0 Å². The summed E-state index contributed by atoms with van der Waals surface area (Å²) in [6, 6.07) is 9.51. The average Bonchev–Trinajstić information content (AvgIpc) is 2.71. The van der Waals surface area contributed by atoms with Crippen molar-refractivity contribution in [2.45, 2.75) is 6.54 Å². The monoisotopic (exact) mass is 227 g/mol. The van der Waals surface area contributed by atoms with Crippen molar-refractivity contribution in [1.82, 2.24) is 4.57 Å². The van der Waals surface area contributed by atoms with E-state index in [0.29, 0.717) is 18.1 Å². The van der Waals surface area contributed by atoms with Gasteiger partial charge in [0.25, 0.3) is 0 Å². The number of nitrogen functional groups attached to an aromatic ring is 1. The minimum atomic E-state index is 0.499. The van der Waals surface area contributed by atoms with Crippen LogP contribution in [0.15, 0.2) is 36.5 Å². The molecule has 1 aromatic heterocycles. The standard InChI is InChI=1S/C13H13N3O/c1-15-12-7-8-16(13(12)14)9-10-3-5-11(17-2)6-4-10/h3-8H,9,14H2,2H3. The van der Waals surface area contributed by atoms with Crippen LogP contribution in [-0.2, 0) is 6.54 Å². The van der Waals surface area contributed by atoms with Crippen LogP contribution in [0.1, 0.15) is 5.56 Å². The number of ether oxygens (including phenoxy) is 1. The maximum absolute atomic E-state index is 6.95. The van der Waals surface area contributed by atoms with Gasteiger partial charge in [-0.3, -0.25) is 0 Å². The molecule has 0 radical (unpaired) electrons. The molecule has 0 fully saturated rings. The zero-order chi connectivity index (χ0) is 12.3. The Morgan fingerprint density at radius 3 is 2.53 bits per heavy atom. The third-order valence-corrected chi connectivity index (χ3v) is 2.62. The summed E-state index contributed by atoms with van der Waals surface area (Å²) in [4.78, 5) is 3.34. The number of hydrogen-bond donors (Lipinski definition) is 1. The Morgan fingerprint density at radius 1 is 1.29 bits per heavy atom. The summed E-state index contributed by atoms with van der Waals surface area (Å²) in [7, 11) is 1.64. The van der Waals surface area contributed by atoms with Crippen LogP contribution in [0.3, 0.4) is 0 Å². The lowest BCUT2D eigenvalue weighted by Gasteiger charge is -2.07. The molecule has 0 saturated carbocycles. The summed E-state index contributed by atoms with van der Waals surface area (Å²) in [6.07, 6.45) is 1.83. The SMILES string of the molecule is [C-]#[N+]c1ccn(Cc2ccc(OC)cc2)c1N. The molecule has 2 rings (SSSR count). The summed E-state index contributed by atoms with van der Waals surface area (Å²) in [6.45, 7) is 7.60. The number of nitrogens with zero attached hydrogens (tertiary/aromatic N) is 2. The van der Waals surface area contributed by atoms with Gasteiger partial charge in [0.15, 0.2) is 0 Å². The van der Waals surface area contributed by atoms with E-state index in [9.17, 15) is 0 Å². The highest BCUT2D eigenvalue weighted by Crippen LogP contribution is 2.24. The molecule has 1 aromatic carbocycles. The second-order valence-corrected chi connectivity index (χ2v) is 3.67. The van der Waals surface area contributed by atoms with Crippen molar-refractivity contribution >= 4 is 11.5 Å². The van der Waals surface area contributed by atoms with Crippen LogP contribution in [0.4, 0.5) is 11.5 Å². The summed E-state index contributed by atoms with van der Waals surface area (Å²) < 4.78 is 6.95. The van der Waals surface area contributed by atoms with E-state index in [2.05, 4.69) is 4.85 Å². The van der Waals surface area contributed by atoms with Gasteiger partial charge in [0.1, 0.15) is 11.6 Å². The summed E-state index contributed by atoms with van der Waals surface area (Å²) in [5.41, 5.74) is 7.46. The fourth-order valence-corrected chi connectivity index (χ4v) is 1.63. The summed E-state index contributed by atoms with van der Waals surface area (Å²) in [5, 5.41) is 0. The van der Waals surface area contributed by atoms with E-state index in [0.717, 1.165) is 11.3 Å². The maximum atomic E-state index is 6.95. The van der Waals surface area contributed by atoms with Crippen LogP contribution in [0, 0.1) is 6.57 Å². The van der Waals surface area contributed by atoms with E-state index in [1.165, 1.54) is 0 Å². The van der Waals surface area contributed by atoms with Gasteiger partial charge >= 0.3 is 0 Å². The first kappa shape index (κ1) is 11.1. The molecule has 0 unspecified atom stereocenters. The van der Waals surface area contributed by atoms with Crippen LogP contribution >= 0.6 is 0 Å². The molecular formula is C13H13N3O. The average molecular weight is 227 g/mol. The van der Waals surface area contributed by atoms with E-state index in [1.807, 2.05) is 35.0 Å². The number of aromatic nitrogens is 1. The van der Waals surface area contributed by atoms with Crippen molar-refractivity contribution in [2.24, 2.45) is 0 Å². The lowest BCUT2D eigenvalue weighted by atomic mass is 10.2. The zero-order valence-corrected chi connectivity index (χ0v) is 9.55. The van der Waals surface area contributed by atoms with Crippen LogP contribution in [0.5, 0.6) is 5.75 Å². The minimum absolute atomic E-state index is 0.499. The fourth-order valence-electron chi connectivity index (χ4n) is 1.63. The quantitative estimate of drug-likeness (QED) is 0.819. The highest BCUT2D eigenvalue weighted by molar-refractivity contribution is 5.64. The van der Waals surface area contributed by atoms with Crippen molar-refractivity contribution < 1.29 is 4.74 Å². The second kappa shape index (κ2) is 4.62. The molecule has 4 heteroatoms. The Bertz CT molecular complexity index is 549. The van der Waals surface area contributed by atoms with Crippen LogP contribution in [0.25, 0.3) is 4.85 Å². The molecule has 0 aliphatic carbocycles. The van der Waals surface area contributed by atoms with Gasteiger partial charge in [-0.15, -0.1) is 0 Å². The molecule has 0 amide bonds. The van der Waals surface area contributed by atoms with E-state index >= 15 is 0 Å². The molecule has 1 heterocycles. The molecule has 0 atom stereocenters. The Labute approximate surface area is 100 Å². The van der Waals surface area contributed by atoms with Crippen molar-refractivity contribution in [3.05, 3.63) is 53.5 Å². The predicted octanol–water partition coefficient (Wildman–Crippen LogP) is 2.68. The van der Waals surface area contributed by atoms with Gasteiger partial charge in [-0.2, -0.15) is 0 Å². The lowest BCUT2D eigenvalue weighted by Crippen LogP contribution is -2.02. The van der Waals surface area contributed by atoms with Crippen molar-refractivity contribution in [3.63, 3.8) is 0 Å². The number of nitrogens with two attached hydrogens (primary N) is 1. The molecule has 2 N–H and O–H groups in total. The fraction of sp³-hybridized carbons (Fsp3) is 0.154. The predicted molar refractivity (Wildman–Crippen MR) is 67.2 cm³/mol. The second-order valence-electron chi connectivity index (χ2n) is 3.67. The maximum Gasteiger partial charge on any atom is 0.227 e. The number of methoxy groups -OCH3 is 1. The first-order chi connectivity index (χ1) is 8.24. The minimum Gasteiger partial charge on any atom is -0.497 e. The smallest absolute Gasteiger partial charge is 0.227 e. The van der Waals surface area contributed by atoms with Gasteiger partial charge in [0, 0.05) is 6.54 Å². The van der Waals surface area contributed by atoms with E-state index < -0.39 is 0 Å². The van der Waals surface area contributed by atoms with Gasteiger partial charge in [-0.05, 0) is 30.0 Å². The number of rotatable bonds is 3. The number of hydrogen-bond acceptors (Lipinski definition) is 2. The Balaban J connectivity index is 2.20.